The largest absolute Gasteiger partial charge is 0.387 e. The van der Waals surface area contributed by atoms with Gasteiger partial charge in [0.15, 0.2) is 0 Å². The molecule has 1 aliphatic rings. The maximum Gasteiger partial charge on any atom is 0.237 e. The van der Waals surface area contributed by atoms with Crippen LogP contribution in [0, 0.1) is 0 Å². The summed E-state index contributed by atoms with van der Waals surface area (Å²) < 4.78 is 0. The molecule has 5 heteroatoms. The molecule has 20 heavy (non-hydrogen) atoms. The quantitative estimate of drug-likeness (QED) is 0.756. The SMILES string of the molecule is CSCC(C)(O)CNC(=O)[C@H]1Cc2ccccc2CN1. The molecule has 1 amide bonds. The molecule has 2 rings (SSSR count). The molecule has 110 valence electrons. The average molecular weight is 294 g/mol. The van der Waals surface area contributed by atoms with Gasteiger partial charge < -0.3 is 15.7 Å². The molecule has 0 saturated heterocycles. The van der Waals surface area contributed by atoms with Crippen LogP contribution in [-0.4, -0.2) is 41.2 Å². The summed E-state index contributed by atoms with van der Waals surface area (Å²) in [6, 6.07) is 7.96. The molecule has 0 radical (unpaired) electrons. The van der Waals surface area contributed by atoms with E-state index in [1.54, 1.807) is 18.7 Å². The van der Waals surface area contributed by atoms with Crippen LogP contribution in [0.2, 0.25) is 0 Å². The summed E-state index contributed by atoms with van der Waals surface area (Å²) in [6.07, 6.45) is 2.64. The number of benzene rings is 1. The Bertz CT molecular complexity index is 477. The number of thioether (sulfide) groups is 1. The van der Waals surface area contributed by atoms with E-state index in [1.807, 2.05) is 18.4 Å². The van der Waals surface area contributed by atoms with Crippen LogP contribution in [0.5, 0.6) is 0 Å². The van der Waals surface area contributed by atoms with Gasteiger partial charge in [-0.05, 0) is 30.7 Å². The van der Waals surface area contributed by atoms with Crippen molar-refractivity contribution in [2.45, 2.75) is 31.5 Å². The monoisotopic (exact) mass is 294 g/mol. The van der Waals surface area contributed by atoms with Gasteiger partial charge in [-0.3, -0.25) is 4.79 Å². The first-order valence-corrected chi connectivity index (χ1v) is 8.20. The molecule has 0 aromatic heterocycles. The minimum absolute atomic E-state index is 0.0409. The van der Waals surface area contributed by atoms with Crippen molar-refractivity contribution >= 4 is 17.7 Å². The van der Waals surface area contributed by atoms with Crippen molar-refractivity contribution in [1.29, 1.82) is 0 Å². The molecule has 0 fully saturated rings. The van der Waals surface area contributed by atoms with E-state index in [-0.39, 0.29) is 18.5 Å². The third-order valence-corrected chi connectivity index (χ3v) is 4.41. The first-order valence-electron chi connectivity index (χ1n) is 6.81. The maximum absolute atomic E-state index is 12.2. The number of rotatable bonds is 5. The molecule has 0 spiro atoms. The Morgan fingerprint density at radius 3 is 2.90 bits per heavy atom. The van der Waals surface area contributed by atoms with Crippen LogP contribution < -0.4 is 10.6 Å². The first-order chi connectivity index (χ1) is 9.52. The first kappa shape index (κ1) is 15.4. The third kappa shape index (κ3) is 3.98. The van der Waals surface area contributed by atoms with Gasteiger partial charge in [0.2, 0.25) is 5.91 Å². The fraction of sp³-hybridized carbons (Fsp3) is 0.533. The Labute approximate surface area is 124 Å². The van der Waals surface area contributed by atoms with Crippen molar-refractivity contribution in [3.8, 4) is 0 Å². The molecule has 0 bridgehead atoms. The van der Waals surface area contributed by atoms with Crippen molar-refractivity contribution in [2.24, 2.45) is 0 Å². The Hall–Kier alpha value is -1.04. The molecule has 1 unspecified atom stereocenters. The topological polar surface area (TPSA) is 61.4 Å². The molecule has 1 aliphatic heterocycles. The van der Waals surface area contributed by atoms with E-state index < -0.39 is 5.60 Å². The zero-order valence-electron chi connectivity index (χ0n) is 12.0. The second-order valence-electron chi connectivity index (χ2n) is 5.55. The van der Waals surface area contributed by atoms with Gasteiger partial charge in [-0.1, -0.05) is 24.3 Å². The van der Waals surface area contributed by atoms with E-state index in [2.05, 4.69) is 22.8 Å². The fourth-order valence-electron chi connectivity index (χ4n) is 2.40. The van der Waals surface area contributed by atoms with Crippen LogP contribution in [0.15, 0.2) is 24.3 Å². The summed E-state index contributed by atoms with van der Waals surface area (Å²) in [5, 5.41) is 16.2. The zero-order valence-corrected chi connectivity index (χ0v) is 12.8. The summed E-state index contributed by atoms with van der Waals surface area (Å²) in [4.78, 5) is 12.2. The van der Waals surface area contributed by atoms with Crippen LogP contribution in [0.25, 0.3) is 0 Å². The lowest BCUT2D eigenvalue weighted by Crippen LogP contribution is -2.51. The van der Waals surface area contributed by atoms with Gasteiger partial charge in [-0.25, -0.2) is 0 Å². The van der Waals surface area contributed by atoms with Gasteiger partial charge in [0.25, 0.3) is 0 Å². The predicted molar refractivity (Wildman–Crippen MR) is 82.8 cm³/mol. The van der Waals surface area contributed by atoms with Gasteiger partial charge in [0.05, 0.1) is 11.6 Å². The Kier molecular flexibility index (Phi) is 5.07. The number of hydrogen-bond acceptors (Lipinski definition) is 4. The average Bonchev–Trinajstić information content (AvgIpc) is 2.44. The normalized spacial score (nSPS) is 20.9. The number of nitrogens with one attached hydrogen (secondary N) is 2. The summed E-state index contributed by atoms with van der Waals surface area (Å²) >= 11 is 1.57. The van der Waals surface area contributed by atoms with Gasteiger partial charge in [-0.2, -0.15) is 11.8 Å². The van der Waals surface area contributed by atoms with E-state index >= 15 is 0 Å². The highest BCUT2D eigenvalue weighted by Gasteiger charge is 2.26. The summed E-state index contributed by atoms with van der Waals surface area (Å²) in [6.45, 7) is 2.75. The number of carbonyl (C=O) groups excluding carboxylic acids is 1. The Morgan fingerprint density at radius 2 is 2.20 bits per heavy atom. The smallest absolute Gasteiger partial charge is 0.237 e. The minimum Gasteiger partial charge on any atom is -0.387 e. The summed E-state index contributed by atoms with van der Waals surface area (Å²) in [7, 11) is 0. The van der Waals surface area contributed by atoms with Crippen LogP contribution >= 0.6 is 11.8 Å². The maximum atomic E-state index is 12.2. The lowest BCUT2D eigenvalue weighted by atomic mass is 9.95. The highest BCUT2D eigenvalue weighted by atomic mass is 32.2. The molecular weight excluding hydrogens is 272 g/mol. The fourth-order valence-corrected chi connectivity index (χ4v) is 3.13. The van der Waals surface area contributed by atoms with Crippen molar-refractivity contribution in [3.05, 3.63) is 35.4 Å². The van der Waals surface area contributed by atoms with Crippen molar-refractivity contribution in [1.82, 2.24) is 10.6 Å². The molecule has 3 N–H and O–H groups in total. The number of hydrogen-bond donors (Lipinski definition) is 3. The second-order valence-corrected chi connectivity index (χ2v) is 6.42. The number of fused-ring (bicyclic) bond motifs is 1. The minimum atomic E-state index is -0.859. The van der Waals surface area contributed by atoms with E-state index in [0.29, 0.717) is 12.2 Å². The molecule has 1 aromatic rings. The van der Waals surface area contributed by atoms with Crippen molar-refractivity contribution in [3.63, 3.8) is 0 Å². The van der Waals surface area contributed by atoms with E-state index in [0.717, 1.165) is 6.54 Å². The highest BCUT2D eigenvalue weighted by molar-refractivity contribution is 7.98. The van der Waals surface area contributed by atoms with Gasteiger partial charge in [0.1, 0.15) is 0 Å². The number of aliphatic hydroxyl groups is 1. The van der Waals surface area contributed by atoms with Crippen LogP contribution in [-0.2, 0) is 17.8 Å². The summed E-state index contributed by atoms with van der Waals surface area (Å²) in [5.74, 6) is 0.565. The molecule has 1 heterocycles. The Balaban J connectivity index is 1.89. The third-order valence-electron chi connectivity index (χ3n) is 3.50. The van der Waals surface area contributed by atoms with Crippen molar-refractivity contribution in [2.75, 3.05) is 18.6 Å². The number of amides is 1. The van der Waals surface area contributed by atoms with E-state index in [9.17, 15) is 9.90 Å². The molecule has 0 saturated carbocycles. The Morgan fingerprint density at radius 1 is 1.50 bits per heavy atom. The highest BCUT2D eigenvalue weighted by Crippen LogP contribution is 2.16. The van der Waals surface area contributed by atoms with Gasteiger partial charge >= 0.3 is 0 Å². The predicted octanol–water partition coefficient (Wildman–Crippen LogP) is 0.931. The summed E-state index contributed by atoms with van der Waals surface area (Å²) in [5.41, 5.74) is 1.62. The van der Waals surface area contributed by atoms with Crippen molar-refractivity contribution < 1.29 is 9.90 Å². The molecule has 2 atom stereocenters. The lowest BCUT2D eigenvalue weighted by Gasteiger charge is -2.27. The molecule has 0 aliphatic carbocycles. The van der Waals surface area contributed by atoms with Gasteiger partial charge in [-0.15, -0.1) is 0 Å². The molecule has 1 aromatic carbocycles. The molecule has 4 nitrogen and oxygen atoms in total. The standard InChI is InChI=1S/C15H22N2O2S/c1-15(19,10-20-2)9-17-14(18)13-7-11-5-3-4-6-12(11)8-16-13/h3-6,13,16,19H,7-10H2,1-2H3,(H,17,18)/t13-,15?/m1/s1. The van der Waals surface area contributed by atoms with Gasteiger partial charge in [0, 0.05) is 18.8 Å². The van der Waals surface area contributed by atoms with Crippen LogP contribution in [0.3, 0.4) is 0 Å². The second kappa shape index (κ2) is 6.61. The number of carbonyl (C=O) groups is 1. The zero-order chi connectivity index (χ0) is 14.6. The van der Waals surface area contributed by atoms with Crippen LogP contribution in [0.1, 0.15) is 18.1 Å². The van der Waals surface area contributed by atoms with E-state index in [4.69, 9.17) is 0 Å². The van der Waals surface area contributed by atoms with E-state index in [1.165, 1.54) is 11.1 Å². The lowest BCUT2D eigenvalue weighted by molar-refractivity contribution is -0.124. The van der Waals surface area contributed by atoms with Crippen LogP contribution in [0.4, 0.5) is 0 Å². The molecular formula is C15H22N2O2S.